The van der Waals surface area contributed by atoms with Crippen molar-refractivity contribution in [1.29, 1.82) is 0 Å². The first-order valence-corrected chi connectivity index (χ1v) is 5.43. The molecule has 1 aliphatic rings. The fourth-order valence-corrected chi connectivity index (χ4v) is 2.42. The van der Waals surface area contributed by atoms with Crippen molar-refractivity contribution in [2.75, 3.05) is 0 Å². The van der Waals surface area contributed by atoms with Gasteiger partial charge in [-0.05, 0) is 31.9 Å². The van der Waals surface area contributed by atoms with E-state index in [0.717, 1.165) is 17.7 Å². The van der Waals surface area contributed by atoms with Crippen LogP contribution < -0.4 is 0 Å². The van der Waals surface area contributed by atoms with E-state index >= 15 is 0 Å². The zero-order valence-electron chi connectivity index (χ0n) is 7.99. The van der Waals surface area contributed by atoms with Crippen LogP contribution in [0, 0.1) is 6.92 Å². The average Bonchev–Trinajstić information content (AvgIpc) is 2.90. The zero-order valence-corrected chi connectivity index (χ0v) is 8.80. The first kappa shape index (κ1) is 9.59. The summed E-state index contributed by atoms with van der Waals surface area (Å²) in [5.41, 5.74) is 1.20. The summed E-state index contributed by atoms with van der Waals surface area (Å²) in [5.74, 6) is -0.678. The van der Waals surface area contributed by atoms with Crippen molar-refractivity contribution in [2.45, 2.75) is 29.4 Å². The summed E-state index contributed by atoms with van der Waals surface area (Å²) in [6.45, 7) is 2.03. The lowest BCUT2D eigenvalue weighted by atomic mass is 10.2. The highest BCUT2D eigenvalue weighted by Gasteiger charge is 2.51. The number of benzene rings is 1. The van der Waals surface area contributed by atoms with Gasteiger partial charge in [-0.15, -0.1) is 11.8 Å². The zero-order chi connectivity index (χ0) is 10.2. The maximum absolute atomic E-state index is 10.9. The molecule has 0 spiro atoms. The van der Waals surface area contributed by atoms with Crippen molar-refractivity contribution in [3.8, 4) is 0 Å². The number of aliphatic carboxylic acids is 1. The van der Waals surface area contributed by atoms with E-state index in [2.05, 4.69) is 0 Å². The van der Waals surface area contributed by atoms with Crippen LogP contribution >= 0.6 is 11.8 Å². The monoisotopic (exact) mass is 208 g/mol. The molecule has 1 aliphatic carbocycles. The molecule has 0 unspecified atom stereocenters. The highest BCUT2D eigenvalue weighted by atomic mass is 32.2. The Morgan fingerprint density at radius 1 is 1.36 bits per heavy atom. The first-order valence-electron chi connectivity index (χ1n) is 4.61. The van der Waals surface area contributed by atoms with Gasteiger partial charge >= 0.3 is 5.97 Å². The van der Waals surface area contributed by atoms with E-state index < -0.39 is 10.7 Å². The van der Waals surface area contributed by atoms with E-state index in [1.165, 1.54) is 17.3 Å². The Hall–Kier alpha value is -0.960. The summed E-state index contributed by atoms with van der Waals surface area (Å²) < 4.78 is -0.519. The second kappa shape index (κ2) is 3.31. The van der Waals surface area contributed by atoms with Crippen LogP contribution in [0.15, 0.2) is 29.2 Å². The lowest BCUT2D eigenvalue weighted by Crippen LogP contribution is -2.16. The van der Waals surface area contributed by atoms with Gasteiger partial charge in [0.1, 0.15) is 4.75 Å². The fourth-order valence-electron chi connectivity index (χ4n) is 1.31. The lowest BCUT2D eigenvalue weighted by molar-refractivity contribution is -0.137. The van der Waals surface area contributed by atoms with Crippen LogP contribution in [0.25, 0.3) is 0 Å². The van der Waals surface area contributed by atoms with Gasteiger partial charge in [0.25, 0.3) is 0 Å². The van der Waals surface area contributed by atoms with E-state index in [-0.39, 0.29) is 0 Å². The second-order valence-corrected chi connectivity index (χ2v) is 5.17. The summed E-state index contributed by atoms with van der Waals surface area (Å²) in [4.78, 5) is 12.0. The maximum Gasteiger partial charge on any atom is 0.320 e. The fraction of sp³-hybridized carbons (Fsp3) is 0.364. The molecular formula is C11H12O2S. The predicted molar refractivity (Wildman–Crippen MR) is 56.6 cm³/mol. The topological polar surface area (TPSA) is 37.3 Å². The normalized spacial score (nSPS) is 17.8. The number of aryl methyl sites for hydroxylation is 1. The van der Waals surface area contributed by atoms with Gasteiger partial charge in [-0.3, -0.25) is 4.79 Å². The van der Waals surface area contributed by atoms with E-state index in [4.69, 9.17) is 5.11 Å². The minimum Gasteiger partial charge on any atom is -0.480 e. The molecule has 0 aromatic heterocycles. The number of thioether (sulfide) groups is 1. The molecule has 0 aliphatic heterocycles. The maximum atomic E-state index is 10.9. The van der Waals surface area contributed by atoms with Gasteiger partial charge in [0.15, 0.2) is 0 Å². The molecule has 0 bridgehead atoms. The van der Waals surface area contributed by atoms with Gasteiger partial charge in [-0.25, -0.2) is 0 Å². The molecule has 1 fully saturated rings. The number of carbonyl (C=O) groups is 1. The Balaban J connectivity index is 2.11. The molecular weight excluding hydrogens is 196 g/mol. The predicted octanol–water partition coefficient (Wildman–Crippen LogP) is 2.70. The molecule has 1 aromatic rings. The van der Waals surface area contributed by atoms with Crippen LogP contribution in [0.5, 0.6) is 0 Å². The number of hydrogen-bond acceptors (Lipinski definition) is 2. The number of carboxylic acids is 1. The minimum absolute atomic E-state index is 0.519. The highest BCUT2D eigenvalue weighted by Crippen LogP contribution is 2.51. The van der Waals surface area contributed by atoms with Crippen molar-refractivity contribution in [3.63, 3.8) is 0 Å². The van der Waals surface area contributed by atoms with Gasteiger partial charge < -0.3 is 5.11 Å². The molecule has 1 saturated carbocycles. The minimum atomic E-state index is -0.678. The molecule has 0 heterocycles. The van der Waals surface area contributed by atoms with Crippen molar-refractivity contribution < 1.29 is 9.90 Å². The summed E-state index contributed by atoms with van der Waals surface area (Å²) in [6.07, 6.45) is 1.59. The SMILES string of the molecule is Cc1ccc(SC2(C(=O)O)CC2)cc1. The van der Waals surface area contributed by atoms with E-state index in [1.54, 1.807) is 0 Å². The Morgan fingerprint density at radius 3 is 2.36 bits per heavy atom. The summed E-state index contributed by atoms with van der Waals surface area (Å²) >= 11 is 1.47. The Labute approximate surface area is 87.3 Å². The average molecular weight is 208 g/mol. The molecule has 2 rings (SSSR count). The number of hydrogen-bond donors (Lipinski definition) is 1. The molecule has 1 N–H and O–H groups in total. The van der Waals surface area contributed by atoms with Crippen molar-refractivity contribution in [1.82, 2.24) is 0 Å². The van der Waals surface area contributed by atoms with Crippen LogP contribution in [0.1, 0.15) is 18.4 Å². The third-order valence-corrected chi connectivity index (χ3v) is 3.91. The summed E-state index contributed by atoms with van der Waals surface area (Å²) in [7, 11) is 0. The third-order valence-electron chi connectivity index (χ3n) is 2.43. The molecule has 3 heteroatoms. The number of rotatable bonds is 3. The van der Waals surface area contributed by atoms with E-state index in [0.29, 0.717) is 0 Å². The first-order chi connectivity index (χ1) is 6.62. The van der Waals surface area contributed by atoms with Crippen LogP contribution in [0.3, 0.4) is 0 Å². The van der Waals surface area contributed by atoms with Crippen molar-refractivity contribution >= 4 is 17.7 Å². The molecule has 1 aromatic carbocycles. The molecule has 14 heavy (non-hydrogen) atoms. The van der Waals surface area contributed by atoms with Gasteiger partial charge in [-0.1, -0.05) is 17.7 Å². The van der Waals surface area contributed by atoms with E-state index in [1.807, 2.05) is 31.2 Å². The van der Waals surface area contributed by atoms with Gasteiger partial charge in [0.05, 0.1) is 0 Å². The van der Waals surface area contributed by atoms with Gasteiger partial charge in [0.2, 0.25) is 0 Å². The Morgan fingerprint density at radius 2 is 1.93 bits per heavy atom. The summed E-state index contributed by atoms with van der Waals surface area (Å²) in [5, 5.41) is 9.00. The van der Waals surface area contributed by atoms with Gasteiger partial charge in [-0.2, -0.15) is 0 Å². The highest BCUT2D eigenvalue weighted by molar-refractivity contribution is 8.01. The van der Waals surface area contributed by atoms with Crippen molar-refractivity contribution in [2.24, 2.45) is 0 Å². The second-order valence-electron chi connectivity index (χ2n) is 3.71. The van der Waals surface area contributed by atoms with Gasteiger partial charge in [0, 0.05) is 4.90 Å². The molecule has 0 radical (unpaired) electrons. The summed E-state index contributed by atoms with van der Waals surface area (Å²) in [6, 6.07) is 8.01. The smallest absolute Gasteiger partial charge is 0.320 e. The van der Waals surface area contributed by atoms with Crippen LogP contribution in [0.4, 0.5) is 0 Å². The molecule has 2 nitrogen and oxygen atoms in total. The van der Waals surface area contributed by atoms with Crippen LogP contribution in [-0.2, 0) is 4.79 Å². The van der Waals surface area contributed by atoms with E-state index in [9.17, 15) is 4.79 Å². The molecule has 0 saturated heterocycles. The molecule has 74 valence electrons. The quantitative estimate of drug-likeness (QED) is 0.829. The third kappa shape index (κ3) is 1.77. The van der Waals surface area contributed by atoms with Crippen molar-refractivity contribution in [3.05, 3.63) is 29.8 Å². The molecule has 0 atom stereocenters. The van der Waals surface area contributed by atoms with Crippen LogP contribution in [0.2, 0.25) is 0 Å². The Bertz CT molecular complexity index is 352. The lowest BCUT2D eigenvalue weighted by Gasteiger charge is -2.08. The standard InChI is InChI=1S/C11H12O2S/c1-8-2-4-9(5-3-8)14-11(6-7-11)10(12)13/h2-5H,6-7H2,1H3,(H,12,13). The van der Waals surface area contributed by atoms with Crippen LogP contribution in [-0.4, -0.2) is 15.8 Å². The Kier molecular flexibility index (Phi) is 2.27. The number of carboxylic acid groups (broad SMARTS) is 1. The largest absolute Gasteiger partial charge is 0.480 e. The molecule has 0 amide bonds.